The zero-order valence-electron chi connectivity index (χ0n) is 18.4. The molecule has 0 fully saturated rings. The van der Waals surface area contributed by atoms with Crippen LogP contribution in [0.4, 0.5) is 5.13 Å². The highest BCUT2D eigenvalue weighted by Crippen LogP contribution is 2.32. The fourth-order valence-corrected chi connectivity index (χ4v) is 5.03. The molecule has 5 rings (SSSR count). The Morgan fingerprint density at radius 2 is 1.79 bits per heavy atom. The molecular formula is C27H21N3O2S2. The van der Waals surface area contributed by atoms with Gasteiger partial charge in [-0.2, -0.15) is 10.1 Å². The van der Waals surface area contributed by atoms with E-state index in [-0.39, 0.29) is 5.91 Å². The molecule has 0 N–H and O–H groups in total. The van der Waals surface area contributed by atoms with Crippen LogP contribution in [0.2, 0.25) is 0 Å². The third-order valence-electron chi connectivity index (χ3n) is 5.25. The predicted octanol–water partition coefficient (Wildman–Crippen LogP) is 6.64. The van der Waals surface area contributed by atoms with Crippen LogP contribution in [0.15, 0.2) is 95.4 Å². The molecule has 0 saturated carbocycles. The van der Waals surface area contributed by atoms with Crippen molar-refractivity contribution in [2.75, 3.05) is 12.1 Å². The van der Waals surface area contributed by atoms with E-state index >= 15 is 0 Å². The monoisotopic (exact) mass is 483 g/mol. The average molecular weight is 484 g/mol. The van der Waals surface area contributed by atoms with E-state index in [2.05, 4.69) is 22.2 Å². The molecule has 0 atom stereocenters. The molecule has 3 aromatic carbocycles. The van der Waals surface area contributed by atoms with Gasteiger partial charge in [-0.25, -0.2) is 4.98 Å². The minimum atomic E-state index is -0.231. The van der Waals surface area contributed by atoms with Crippen molar-refractivity contribution < 1.29 is 9.53 Å². The second kappa shape index (κ2) is 9.99. The molecule has 7 heteroatoms. The molecule has 2 heterocycles. The van der Waals surface area contributed by atoms with E-state index < -0.39 is 0 Å². The summed E-state index contributed by atoms with van der Waals surface area (Å²) >= 11 is 2.96. The number of methoxy groups -OCH3 is 1. The lowest BCUT2D eigenvalue weighted by atomic mass is 10.0. The number of carbonyl (C=O) groups is 1. The number of benzene rings is 3. The topological polar surface area (TPSA) is 54.8 Å². The molecule has 0 bridgehead atoms. The first-order valence-electron chi connectivity index (χ1n) is 10.7. The van der Waals surface area contributed by atoms with Crippen LogP contribution in [0.3, 0.4) is 0 Å². The summed E-state index contributed by atoms with van der Waals surface area (Å²) in [6, 6.07) is 27.5. The van der Waals surface area contributed by atoms with Gasteiger partial charge in [0.15, 0.2) is 0 Å². The number of fused-ring (bicyclic) bond motifs is 1. The summed E-state index contributed by atoms with van der Waals surface area (Å²) in [6.45, 7) is 0. The maximum atomic E-state index is 13.5. The summed E-state index contributed by atoms with van der Waals surface area (Å²) in [4.78, 5) is 19.2. The van der Waals surface area contributed by atoms with Gasteiger partial charge in [0.25, 0.3) is 5.91 Å². The molecule has 0 unspecified atom stereocenters. The van der Waals surface area contributed by atoms with E-state index in [0.29, 0.717) is 10.7 Å². The smallest absolute Gasteiger partial charge is 0.280 e. The van der Waals surface area contributed by atoms with Crippen molar-refractivity contribution in [1.82, 2.24) is 4.98 Å². The predicted molar refractivity (Wildman–Crippen MR) is 141 cm³/mol. The molecule has 5 nitrogen and oxygen atoms in total. The molecule has 5 aromatic rings. The van der Waals surface area contributed by atoms with Gasteiger partial charge in [0.1, 0.15) is 5.75 Å². The maximum Gasteiger partial charge on any atom is 0.280 e. The molecule has 0 spiro atoms. The second-order valence-electron chi connectivity index (χ2n) is 7.57. The molecule has 168 valence electrons. The highest BCUT2D eigenvalue weighted by atomic mass is 32.1. The number of hydrazone groups is 1. The van der Waals surface area contributed by atoms with Crippen molar-refractivity contribution in [2.45, 2.75) is 6.42 Å². The summed E-state index contributed by atoms with van der Waals surface area (Å²) < 4.78 is 6.26. The number of aromatic nitrogens is 1. The van der Waals surface area contributed by atoms with Crippen LogP contribution < -0.4 is 9.75 Å². The zero-order chi connectivity index (χ0) is 23.3. The second-order valence-corrected chi connectivity index (χ2v) is 9.55. The molecule has 34 heavy (non-hydrogen) atoms. The van der Waals surface area contributed by atoms with Gasteiger partial charge in [-0.3, -0.25) is 4.79 Å². The van der Waals surface area contributed by atoms with Crippen molar-refractivity contribution in [3.05, 3.63) is 112 Å². The minimum absolute atomic E-state index is 0.231. The van der Waals surface area contributed by atoms with Crippen LogP contribution >= 0.6 is 22.7 Å². The first-order chi connectivity index (χ1) is 16.7. The molecule has 0 aliphatic rings. The third kappa shape index (κ3) is 4.90. The van der Waals surface area contributed by atoms with E-state index in [9.17, 15) is 4.79 Å². The molecule has 0 radical (unpaired) electrons. The number of hydrogen-bond donors (Lipinski definition) is 0. The van der Waals surface area contributed by atoms with Crippen molar-refractivity contribution in [3.8, 4) is 5.75 Å². The SMILES string of the molecule is COc1ccc2nc(N(/N=C/c3cccs3)C(=O)c3ccc(Cc4ccccc4)cc3)sc2c1. The molecule has 0 aliphatic carbocycles. The van der Waals surface area contributed by atoms with Crippen LogP contribution in [0.1, 0.15) is 26.4 Å². The van der Waals surface area contributed by atoms with Crippen molar-refractivity contribution in [1.29, 1.82) is 0 Å². The number of anilines is 1. The summed E-state index contributed by atoms with van der Waals surface area (Å²) in [5.41, 5.74) is 3.72. The van der Waals surface area contributed by atoms with Crippen LogP contribution in [0, 0.1) is 0 Å². The van der Waals surface area contributed by atoms with Crippen LogP contribution in [0.5, 0.6) is 5.75 Å². The quantitative estimate of drug-likeness (QED) is 0.193. The Morgan fingerprint density at radius 1 is 1.00 bits per heavy atom. The van der Waals surface area contributed by atoms with E-state index in [0.717, 1.165) is 32.8 Å². The van der Waals surface area contributed by atoms with Crippen LogP contribution in [-0.4, -0.2) is 24.2 Å². The van der Waals surface area contributed by atoms with E-state index in [1.807, 2.05) is 78.2 Å². The van der Waals surface area contributed by atoms with Gasteiger partial charge in [-0.15, -0.1) is 11.3 Å². The highest BCUT2D eigenvalue weighted by molar-refractivity contribution is 7.22. The number of ether oxygens (including phenoxy) is 1. The number of rotatable bonds is 7. The lowest BCUT2D eigenvalue weighted by Gasteiger charge is -2.14. The van der Waals surface area contributed by atoms with Crippen molar-refractivity contribution in [3.63, 3.8) is 0 Å². The minimum Gasteiger partial charge on any atom is -0.497 e. The number of thiazole rings is 1. The van der Waals surface area contributed by atoms with Gasteiger partial charge in [0, 0.05) is 10.4 Å². The largest absolute Gasteiger partial charge is 0.497 e. The fourth-order valence-electron chi connectivity index (χ4n) is 3.50. The van der Waals surface area contributed by atoms with Gasteiger partial charge in [-0.05, 0) is 59.3 Å². The number of nitrogens with zero attached hydrogens (tertiary/aromatic N) is 3. The summed E-state index contributed by atoms with van der Waals surface area (Å²) in [7, 11) is 1.63. The van der Waals surface area contributed by atoms with Gasteiger partial charge in [-0.1, -0.05) is 59.9 Å². The standard InChI is InChI=1S/C27H21N3O2S2/c1-32-22-13-14-24-25(17-22)34-27(29-24)30(28-18-23-8-5-15-33-23)26(31)21-11-9-20(10-12-21)16-19-6-3-2-4-7-19/h2-15,17-18H,16H2,1H3/b28-18+. The van der Waals surface area contributed by atoms with Crippen LogP contribution in [0.25, 0.3) is 10.2 Å². The first kappa shape index (κ1) is 22.0. The van der Waals surface area contributed by atoms with Crippen molar-refractivity contribution in [2.24, 2.45) is 5.10 Å². The molecule has 0 aliphatic heterocycles. The maximum absolute atomic E-state index is 13.5. The summed E-state index contributed by atoms with van der Waals surface area (Å²) in [5.74, 6) is 0.516. The van der Waals surface area contributed by atoms with Crippen molar-refractivity contribution >= 4 is 50.1 Å². The van der Waals surface area contributed by atoms with Gasteiger partial charge in [0.2, 0.25) is 5.13 Å². The normalized spacial score (nSPS) is 11.2. The van der Waals surface area contributed by atoms with E-state index in [1.54, 1.807) is 24.7 Å². The van der Waals surface area contributed by atoms with Gasteiger partial charge < -0.3 is 4.74 Å². The Labute approximate surface area is 205 Å². The van der Waals surface area contributed by atoms with Gasteiger partial charge >= 0.3 is 0 Å². The molecule has 2 aromatic heterocycles. The van der Waals surface area contributed by atoms with E-state index in [1.165, 1.54) is 21.9 Å². The Morgan fingerprint density at radius 3 is 2.53 bits per heavy atom. The van der Waals surface area contributed by atoms with E-state index in [4.69, 9.17) is 4.74 Å². The average Bonchev–Trinajstić information content (AvgIpc) is 3.54. The first-order valence-corrected chi connectivity index (χ1v) is 12.4. The summed E-state index contributed by atoms with van der Waals surface area (Å²) in [6.07, 6.45) is 2.51. The summed E-state index contributed by atoms with van der Waals surface area (Å²) in [5, 5.41) is 8.39. The fraction of sp³-hybridized carbons (Fsp3) is 0.0741. The Hall–Kier alpha value is -3.81. The number of thiophene rings is 1. The molecular weight excluding hydrogens is 462 g/mol. The Balaban J connectivity index is 1.45. The lowest BCUT2D eigenvalue weighted by Crippen LogP contribution is -2.25. The Bertz CT molecular complexity index is 1430. The number of hydrogen-bond acceptors (Lipinski definition) is 6. The number of carbonyl (C=O) groups excluding carboxylic acids is 1. The number of amides is 1. The molecule has 0 saturated heterocycles. The highest BCUT2D eigenvalue weighted by Gasteiger charge is 2.21. The van der Waals surface area contributed by atoms with Gasteiger partial charge in [0.05, 0.1) is 23.5 Å². The third-order valence-corrected chi connectivity index (χ3v) is 7.05. The Kier molecular flexibility index (Phi) is 6.46. The molecule has 1 amide bonds. The van der Waals surface area contributed by atoms with Crippen LogP contribution in [-0.2, 0) is 6.42 Å². The zero-order valence-corrected chi connectivity index (χ0v) is 20.1. The lowest BCUT2D eigenvalue weighted by molar-refractivity contribution is 0.0988.